The number of amides is 1. The molecule has 2 rings (SSSR count). The summed E-state index contributed by atoms with van der Waals surface area (Å²) in [6.07, 6.45) is 0. The maximum atomic E-state index is 11.8. The van der Waals surface area contributed by atoms with E-state index in [9.17, 15) is 9.59 Å². The van der Waals surface area contributed by atoms with Crippen LogP contribution >= 0.6 is 0 Å². The summed E-state index contributed by atoms with van der Waals surface area (Å²) in [6, 6.07) is 15.2. The highest BCUT2D eigenvalue weighted by Gasteiger charge is 2.10. The molecule has 0 radical (unpaired) electrons. The second-order valence-electron chi connectivity index (χ2n) is 4.89. The Morgan fingerprint density at radius 2 is 1.75 bits per heavy atom. The molecule has 0 fully saturated rings. The first-order valence-corrected chi connectivity index (χ1v) is 7.19. The van der Waals surface area contributed by atoms with Gasteiger partial charge in [-0.3, -0.25) is 4.79 Å². The summed E-state index contributed by atoms with van der Waals surface area (Å²) in [5.74, 6) is -0.270. The van der Waals surface area contributed by atoms with E-state index in [1.165, 1.54) is 24.3 Å². The fourth-order valence-electron chi connectivity index (χ4n) is 1.89. The lowest BCUT2D eigenvalue weighted by Gasteiger charge is -2.07. The Balaban J connectivity index is 1.77. The van der Waals surface area contributed by atoms with E-state index in [0.717, 1.165) is 11.3 Å². The molecule has 0 aliphatic rings. The number of benzene rings is 2. The fraction of sp³-hybridized carbons (Fsp3) is 0.167. The Kier molecular flexibility index (Phi) is 5.92. The topological polar surface area (TPSA) is 88.4 Å². The number of methoxy groups -OCH3 is 1. The van der Waals surface area contributed by atoms with Crippen LogP contribution in [0.2, 0.25) is 0 Å². The molecule has 0 unspecified atom stereocenters. The summed E-state index contributed by atoms with van der Waals surface area (Å²) in [5.41, 5.74) is 1.64. The van der Waals surface area contributed by atoms with E-state index in [0.29, 0.717) is 12.1 Å². The summed E-state index contributed by atoms with van der Waals surface area (Å²) < 4.78 is 9.99. The van der Waals surface area contributed by atoms with Crippen LogP contribution in [0.1, 0.15) is 21.5 Å². The molecule has 0 heterocycles. The van der Waals surface area contributed by atoms with E-state index >= 15 is 0 Å². The quantitative estimate of drug-likeness (QED) is 0.822. The molecule has 6 heteroatoms. The Morgan fingerprint density at radius 3 is 2.33 bits per heavy atom. The number of nitrogens with zero attached hydrogens (tertiary/aromatic N) is 1. The van der Waals surface area contributed by atoms with Crippen molar-refractivity contribution in [3.05, 3.63) is 65.2 Å². The molecule has 0 bridgehead atoms. The number of nitrogens with one attached hydrogen (secondary N) is 1. The van der Waals surface area contributed by atoms with Gasteiger partial charge in [-0.05, 0) is 42.0 Å². The van der Waals surface area contributed by atoms with Crippen molar-refractivity contribution < 1.29 is 19.1 Å². The van der Waals surface area contributed by atoms with Crippen LogP contribution in [0.15, 0.2) is 48.5 Å². The maximum Gasteiger partial charge on any atom is 0.338 e. The van der Waals surface area contributed by atoms with Crippen molar-refractivity contribution in [2.45, 2.75) is 6.54 Å². The molecule has 0 saturated carbocycles. The van der Waals surface area contributed by atoms with Crippen molar-refractivity contribution in [2.75, 3.05) is 13.7 Å². The molecule has 1 amide bonds. The molecule has 0 saturated heterocycles. The van der Waals surface area contributed by atoms with Gasteiger partial charge in [-0.15, -0.1) is 0 Å². The van der Waals surface area contributed by atoms with Gasteiger partial charge in [-0.2, -0.15) is 5.26 Å². The molecule has 0 aromatic heterocycles. The van der Waals surface area contributed by atoms with Gasteiger partial charge < -0.3 is 14.8 Å². The van der Waals surface area contributed by atoms with Gasteiger partial charge in [-0.25, -0.2) is 4.79 Å². The van der Waals surface area contributed by atoms with Gasteiger partial charge in [0, 0.05) is 6.54 Å². The van der Waals surface area contributed by atoms with Crippen molar-refractivity contribution in [2.24, 2.45) is 0 Å². The first kappa shape index (κ1) is 17.0. The van der Waals surface area contributed by atoms with Gasteiger partial charge in [-0.1, -0.05) is 12.1 Å². The number of esters is 1. The highest BCUT2D eigenvalue weighted by molar-refractivity contribution is 5.91. The van der Waals surface area contributed by atoms with E-state index < -0.39 is 11.9 Å². The number of rotatable bonds is 6. The number of hydrogen-bond donors (Lipinski definition) is 1. The van der Waals surface area contributed by atoms with Gasteiger partial charge in [0.25, 0.3) is 5.91 Å². The summed E-state index contributed by atoms with van der Waals surface area (Å²) in [4.78, 5) is 23.5. The van der Waals surface area contributed by atoms with E-state index in [1.54, 1.807) is 19.2 Å². The highest BCUT2D eigenvalue weighted by atomic mass is 16.5. The zero-order valence-corrected chi connectivity index (χ0v) is 13.1. The molecule has 24 heavy (non-hydrogen) atoms. The third-order valence-corrected chi connectivity index (χ3v) is 3.23. The predicted molar refractivity (Wildman–Crippen MR) is 86.3 cm³/mol. The third-order valence-electron chi connectivity index (χ3n) is 3.23. The van der Waals surface area contributed by atoms with Crippen LogP contribution in [0.25, 0.3) is 0 Å². The second-order valence-corrected chi connectivity index (χ2v) is 4.89. The normalized spacial score (nSPS) is 9.67. The Labute approximate surface area is 139 Å². The Hall–Kier alpha value is -3.33. The molecule has 2 aromatic carbocycles. The average Bonchev–Trinajstić information content (AvgIpc) is 2.64. The third kappa shape index (κ3) is 4.85. The maximum absolute atomic E-state index is 11.8. The minimum absolute atomic E-state index is 0.289. The van der Waals surface area contributed by atoms with Crippen LogP contribution in [0.3, 0.4) is 0 Å². The van der Waals surface area contributed by atoms with Crippen LogP contribution < -0.4 is 10.1 Å². The largest absolute Gasteiger partial charge is 0.497 e. The summed E-state index contributed by atoms with van der Waals surface area (Å²) in [6.45, 7) is -0.0355. The summed E-state index contributed by atoms with van der Waals surface area (Å²) >= 11 is 0. The lowest BCUT2D eigenvalue weighted by Crippen LogP contribution is -2.28. The summed E-state index contributed by atoms with van der Waals surface area (Å²) in [5, 5.41) is 11.4. The molecule has 0 atom stereocenters. The lowest BCUT2D eigenvalue weighted by atomic mass is 10.1. The standard InChI is InChI=1S/C18H16N2O4/c1-23-16-8-4-14(5-9-16)11-20-17(21)12-24-18(22)15-6-2-13(10-19)3-7-15/h2-9H,11-12H2,1H3,(H,20,21). The van der Waals surface area contributed by atoms with Gasteiger partial charge >= 0.3 is 5.97 Å². The number of ether oxygens (including phenoxy) is 2. The van der Waals surface area contributed by atoms with Gasteiger partial charge in [0.2, 0.25) is 0 Å². The van der Waals surface area contributed by atoms with Crippen LogP contribution in [0.5, 0.6) is 5.75 Å². The predicted octanol–water partition coefficient (Wildman–Crippen LogP) is 2.04. The number of hydrogen-bond acceptors (Lipinski definition) is 5. The smallest absolute Gasteiger partial charge is 0.338 e. The van der Waals surface area contributed by atoms with Gasteiger partial charge in [0.1, 0.15) is 5.75 Å². The molecule has 6 nitrogen and oxygen atoms in total. The zero-order valence-electron chi connectivity index (χ0n) is 13.1. The Morgan fingerprint density at radius 1 is 1.08 bits per heavy atom. The molecule has 2 aromatic rings. The number of carbonyl (C=O) groups excluding carboxylic acids is 2. The van der Waals surface area contributed by atoms with Crippen LogP contribution in [-0.2, 0) is 16.1 Å². The van der Waals surface area contributed by atoms with Crippen LogP contribution in [0.4, 0.5) is 0 Å². The first-order valence-electron chi connectivity index (χ1n) is 7.19. The minimum Gasteiger partial charge on any atom is -0.497 e. The molecule has 0 spiro atoms. The first-order chi connectivity index (χ1) is 11.6. The van der Waals surface area contributed by atoms with Crippen LogP contribution in [-0.4, -0.2) is 25.6 Å². The molecular formula is C18H16N2O4. The van der Waals surface area contributed by atoms with Crippen molar-refractivity contribution >= 4 is 11.9 Å². The monoisotopic (exact) mass is 324 g/mol. The van der Waals surface area contributed by atoms with E-state index in [-0.39, 0.29) is 12.2 Å². The van der Waals surface area contributed by atoms with Crippen molar-refractivity contribution in [3.8, 4) is 11.8 Å². The highest BCUT2D eigenvalue weighted by Crippen LogP contribution is 2.11. The number of nitriles is 1. The zero-order chi connectivity index (χ0) is 17.4. The van der Waals surface area contributed by atoms with Crippen molar-refractivity contribution in [1.29, 1.82) is 5.26 Å². The van der Waals surface area contributed by atoms with Crippen molar-refractivity contribution in [1.82, 2.24) is 5.32 Å². The molecule has 0 aliphatic heterocycles. The van der Waals surface area contributed by atoms with Crippen LogP contribution in [0, 0.1) is 11.3 Å². The van der Waals surface area contributed by atoms with Gasteiger partial charge in [0.15, 0.2) is 6.61 Å². The van der Waals surface area contributed by atoms with E-state index in [4.69, 9.17) is 14.7 Å². The van der Waals surface area contributed by atoms with E-state index in [2.05, 4.69) is 5.32 Å². The molecular weight excluding hydrogens is 308 g/mol. The average molecular weight is 324 g/mol. The Bertz CT molecular complexity index is 746. The SMILES string of the molecule is COc1ccc(CNC(=O)COC(=O)c2ccc(C#N)cc2)cc1. The molecule has 1 N–H and O–H groups in total. The van der Waals surface area contributed by atoms with E-state index in [1.807, 2.05) is 18.2 Å². The van der Waals surface area contributed by atoms with Gasteiger partial charge in [0.05, 0.1) is 24.3 Å². The second kappa shape index (κ2) is 8.34. The lowest BCUT2D eigenvalue weighted by molar-refractivity contribution is -0.124. The molecule has 0 aliphatic carbocycles. The molecule has 122 valence electrons. The van der Waals surface area contributed by atoms with Crippen molar-refractivity contribution in [3.63, 3.8) is 0 Å². The fourth-order valence-corrected chi connectivity index (χ4v) is 1.89. The summed E-state index contributed by atoms with van der Waals surface area (Å²) in [7, 11) is 1.58. The minimum atomic E-state index is -0.612. The number of carbonyl (C=O) groups is 2.